The van der Waals surface area contributed by atoms with Crippen molar-refractivity contribution >= 4 is 168 Å². The number of nitriles is 3. The number of aromatic nitrogens is 6. The van der Waals surface area contributed by atoms with E-state index < -0.39 is 114 Å². The first-order valence-corrected chi connectivity index (χ1v) is 34.9. The van der Waals surface area contributed by atoms with Crippen LogP contribution in [0, 0.1) is 34.0 Å². The van der Waals surface area contributed by atoms with Gasteiger partial charge in [-0.2, -0.15) is 42.1 Å². The van der Waals surface area contributed by atoms with Gasteiger partial charge in [-0.05, 0) is 133 Å². The number of nitrogens with one attached hydrogen (secondary N) is 2. The zero-order chi connectivity index (χ0) is 76.6. The summed E-state index contributed by atoms with van der Waals surface area (Å²) in [6.45, 7) is 2.81. The van der Waals surface area contributed by atoms with Crippen molar-refractivity contribution in [2.24, 2.45) is 5.73 Å². The Morgan fingerprint density at radius 1 is 0.472 bits per heavy atom. The van der Waals surface area contributed by atoms with Crippen molar-refractivity contribution in [3.8, 4) is 35.3 Å². The maximum Gasteiger partial charge on any atom is 1.00 e. The minimum Gasteiger partial charge on any atom is -0.870 e. The second-order valence-electron chi connectivity index (χ2n) is 20.7. The van der Waals surface area contributed by atoms with Crippen LogP contribution < -0.4 is 35.2 Å². The number of aliphatic carboxylic acids is 2. The van der Waals surface area contributed by atoms with Crippen molar-refractivity contribution in [2.75, 3.05) is 32.8 Å². The number of nitrogens with zero attached hydrogens (tertiary/aromatic N) is 9. The fraction of sp³-hybridized carbons (Fsp3) is 0.239. The Morgan fingerprint density at radius 3 is 1.04 bits per heavy atom. The number of carboxylic acid groups (broad SMARTS) is 2. The van der Waals surface area contributed by atoms with Gasteiger partial charge in [0.15, 0.2) is 15.5 Å². The second kappa shape index (κ2) is 41.5. The van der Waals surface area contributed by atoms with Gasteiger partial charge in [0.25, 0.3) is 0 Å². The van der Waals surface area contributed by atoms with Crippen molar-refractivity contribution in [3.05, 3.63) is 158 Å². The van der Waals surface area contributed by atoms with E-state index in [-0.39, 0.29) is 94.2 Å². The number of thioether (sulfide) groups is 3. The molecule has 0 fully saturated rings. The minimum atomic E-state index is -3.89. The predicted octanol–water partition coefficient (Wildman–Crippen LogP) is 9.38. The number of amides is 2. The number of Topliss-reactive ketones (excluding diaryl/α,β-unsaturated/α-hetero) is 3. The van der Waals surface area contributed by atoms with E-state index in [0.717, 1.165) is 0 Å². The van der Waals surface area contributed by atoms with Crippen LogP contribution in [-0.2, 0) is 52.6 Å². The van der Waals surface area contributed by atoms with Gasteiger partial charge in [-0.1, -0.05) is 72.8 Å². The van der Waals surface area contributed by atoms with Crippen LogP contribution in [0.4, 0.5) is 26.3 Å². The van der Waals surface area contributed by atoms with Crippen LogP contribution in [0.25, 0.3) is 49.4 Å². The molecule has 7 N–H and O–H groups in total. The molecule has 9 aromatic rings. The largest absolute Gasteiger partial charge is 1.00 e. The number of fused-ring (bicyclic) bond motifs is 3. The van der Waals surface area contributed by atoms with Crippen LogP contribution in [0.5, 0.6) is 0 Å². The fourth-order valence-electron chi connectivity index (χ4n) is 9.12. The van der Waals surface area contributed by atoms with Crippen molar-refractivity contribution < 1.29 is 114 Å². The molecule has 3 heterocycles. The number of carboxylic acids is 2. The van der Waals surface area contributed by atoms with Crippen molar-refractivity contribution in [3.63, 3.8) is 0 Å². The minimum absolute atomic E-state index is 0. The number of hydrogen-bond donors (Lipinski definition) is 5. The van der Waals surface area contributed by atoms with Crippen molar-refractivity contribution in [1.82, 2.24) is 39.3 Å². The zero-order valence-electron chi connectivity index (χ0n) is 55.5. The first kappa shape index (κ1) is 89.0. The van der Waals surface area contributed by atoms with E-state index in [1.807, 2.05) is 5.32 Å². The molecular formula is C67H56Br3F6LiN12O14S3. The summed E-state index contributed by atoms with van der Waals surface area (Å²) in [5.74, 6) is -9.60. The van der Waals surface area contributed by atoms with Crippen molar-refractivity contribution in [1.29, 1.82) is 15.8 Å². The molecule has 6 aromatic carbocycles. The second-order valence-corrected chi connectivity index (χ2v) is 26.4. The number of carbonyl (C=O) groups excluding carboxylic acids is 7. The monoisotopic (exact) mass is 1710 g/mol. The van der Waals surface area contributed by atoms with E-state index in [9.17, 15) is 85.3 Å². The Labute approximate surface area is 648 Å². The summed E-state index contributed by atoms with van der Waals surface area (Å²) >= 11 is 9.73. The molecule has 0 spiro atoms. The molecule has 9 rings (SSSR count). The van der Waals surface area contributed by atoms with Crippen LogP contribution in [0.2, 0.25) is 0 Å². The van der Waals surface area contributed by atoms with Crippen LogP contribution in [-0.4, -0.2) is 146 Å². The van der Waals surface area contributed by atoms with Crippen LogP contribution >= 0.6 is 83.1 Å². The number of alkyl halides is 6. The zero-order valence-corrected chi connectivity index (χ0v) is 62.7. The van der Waals surface area contributed by atoms with E-state index in [4.69, 9.17) is 15.9 Å². The van der Waals surface area contributed by atoms with Gasteiger partial charge in [-0.15, -0.1) is 0 Å². The summed E-state index contributed by atoms with van der Waals surface area (Å²) in [5.41, 5.74) is 7.64. The molecule has 0 radical (unpaired) electrons. The van der Waals surface area contributed by atoms with E-state index in [2.05, 4.69) is 95.7 Å². The predicted molar refractivity (Wildman–Crippen MR) is 381 cm³/mol. The number of carbonyl (C=O) groups is 9. The maximum atomic E-state index is 14.8. The Hall–Kier alpha value is -9.38. The van der Waals surface area contributed by atoms with E-state index in [1.54, 1.807) is 123 Å². The first-order chi connectivity index (χ1) is 49.4. The van der Waals surface area contributed by atoms with Gasteiger partial charge in [-0.25, -0.2) is 15.0 Å². The van der Waals surface area contributed by atoms with Gasteiger partial charge < -0.3 is 41.5 Å². The van der Waals surface area contributed by atoms with Gasteiger partial charge in [0.2, 0.25) is 29.2 Å². The summed E-state index contributed by atoms with van der Waals surface area (Å²) in [5, 5.41) is 41.1. The standard InChI is InChI=1S/C23H19BrF2N4O4S.C21H15BrF2N4O4S.C19H12BrF2N3O3S.C4H9NO2.Li.H2O/c1-2-34-21(33)13-28-20(32)10-9-18(31)23(25,26)35-22-29-12-19(24)30(22)17-8-7-14(11-27)15-5-3-4-6-16(15)17;22-17-10-27-20(33-21(23,24)16(29)7-8-18(30)26-11-19(31)32)28(17)15-6-5-12(9-25)13-3-1-2-4-14(13)15;20-16-10-24-18(29-19(21,22)15(26)7-8-17(27)28)25(16)14-6-5-11(9-23)12-3-1-2-4-13(12)14;1-2-7-4(6)3-5;;/h3-8,12H,2,9-10,13H2,1H3,(H,28,32);1-6,10H,7-8,11H2,(H,26,30)(H,31,32);1-6,10H,7-8H2,(H,27,28);2-3,5H2,1H3;;1H2/q;;;;+1;/p-1. The summed E-state index contributed by atoms with van der Waals surface area (Å²) in [6.07, 6.45) is -0.0533. The molecule has 2 amide bonds. The van der Waals surface area contributed by atoms with E-state index >= 15 is 0 Å². The van der Waals surface area contributed by atoms with Gasteiger partial charge >= 0.3 is 58.5 Å². The Morgan fingerprint density at radius 2 is 0.764 bits per heavy atom. The number of imidazole rings is 3. The number of benzene rings is 6. The average Bonchev–Trinajstić information content (AvgIpc) is 1.47. The molecule has 0 saturated heterocycles. The summed E-state index contributed by atoms with van der Waals surface area (Å²) < 4.78 is 102. The van der Waals surface area contributed by atoms with Crippen molar-refractivity contribution in [2.45, 2.75) is 83.6 Å². The quantitative estimate of drug-likeness (QED) is 0.0132. The molecule has 106 heavy (non-hydrogen) atoms. The molecule has 3 aromatic heterocycles. The molecule has 0 aliphatic rings. The molecule has 39 heteroatoms. The molecule has 0 saturated carbocycles. The number of rotatable bonds is 28. The number of hydrogen-bond acceptors (Lipinski definition) is 22. The SMILES string of the molecule is CCOC(=O)CN.CCOC(=O)CNC(=O)CCC(=O)C(F)(F)Sc1ncc(Br)n1-c1ccc(C#N)c2ccccc12.N#Cc1ccc(-n2c(Br)cnc2SC(F)(F)C(=O)CCC(=O)NCC(=O)O)c2ccccc12.N#Cc1ccc(-n2c(Br)cnc2SC(F)(F)C(=O)CCC(=O)O)c2ccccc12.[Li+].[OH-]. The Balaban J connectivity index is 0.000000319. The van der Waals surface area contributed by atoms with Crippen LogP contribution in [0.1, 0.15) is 69.1 Å². The van der Waals surface area contributed by atoms with Gasteiger partial charge in [0.1, 0.15) is 26.9 Å². The molecule has 0 unspecified atom stereocenters. The van der Waals surface area contributed by atoms with Gasteiger partial charge in [0.05, 0.1) is 96.7 Å². The Bertz CT molecular complexity index is 4880. The summed E-state index contributed by atoms with van der Waals surface area (Å²) in [7, 11) is 0. The third-order valence-corrected chi connectivity index (χ3v) is 18.4. The number of nitrogens with two attached hydrogens (primary N) is 1. The average molecular weight is 1710 g/mol. The number of esters is 2. The third-order valence-electron chi connectivity index (χ3n) is 13.8. The molecule has 0 atom stereocenters. The normalized spacial score (nSPS) is 10.8. The third kappa shape index (κ3) is 24.1. The van der Waals surface area contributed by atoms with Crippen LogP contribution in [0.15, 0.2) is 157 Å². The molecule has 0 aliphatic heterocycles. The van der Waals surface area contributed by atoms with Gasteiger partial charge in [0, 0.05) is 64.4 Å². The molecule has 0 bridgehead atoms. The topological polar surface area (TPSA) is 417 Å². The van der Waals surface area contributed by atoms with Gasteiger partial charge in [-0.3, -0.25) is 56.9 Å². The molecule has 550 valence electrons. The molecule has 0 aliphatic carbocycles. The number of halogens is 9. The number of ether oxygens (including phenoxy) is 2. The fourth-order valence-corrected chi connectivity index (χ4v) is 13.4. The maximum absolute atomic E-state index is 14.8. The summed E-state index contributed by atoms with van der Waals surface area (Å²) in [4.78, 5) is 114. The first-order valence-electron chi connectivity index (χ1n) is 30.1. The smallest absolute Gasteiger partial charge is 0.870 e. The molecular weight excluding hydrogens is 1650 g/mol. The van der Waals surface area contributed by atoms with E-state index in [0.29, 0.717) is 86.5 Å². The molecule has 26 nitrogen and oxygen atoms in total. The van der Waals surface area contributed by atoms with E-state index in [1.165, 1.54) is 32.3 Å². The van der Waals surface area contributed by atoms with Crippen LogP contribution in [0.3, 0.4) is 0 Å². The number of ketones is 3. The summed E-state index contributed by atoms with van der Waals surface area (Å²) in [6, 6.07) is 36.9. The Kier molecular flexibility index (Phi) is 34.9.